The van der Waals surface area contributed by atoms with Crippen LogP contribution in [0.5, 0.6) is 0 Å². The number of nitrogens with zero attached hydrogens (tertiary/aromatic N) is 1. The molecule has 0 unspecified atom stereocenters. The zero-order chi connectivity index (χ0) is 20.3. The van der Waals surface area contributed by atoms with E-state index < -0.39 is 9.84 Å². The van der Waals surface area contributed by atoms with E-state index in [1.54, 1.807) is 19.3 Å². The molecule has 7 nitrogen and oxygen atoms in total. The van der Waals surface area contributed by atoms with Gasteiger partial charge in [0.05, 0.1) is 29.1 Å². The summed E-state index contributed by atoms with van der Waals surface area (Å²) in [6, 6.07) is 3.85. The number of rotatable bonds is 9. The first-order chi connectivity index (χ1) is 13.4. The van der Waals surface area contributed by atoms with Crippen molar-refractivity contribution >= 4 is 32.3 Å². The van der Waals surface area contributed by atoms with Crippen molar-refractivity contribution in [3.05, 3.63) is 35.0 Å². The monoisotopic (exact) mass is 405 g/mol. The Morgan fingerprint density at radius 2 is 2.00 bits per heavy atom. The fourth-order valence-corrected chi connectivity index (χ4v) is 4.67. The highest BCUT2D eigenvalue weighted by Crippen LogP contribution is 2.30. The van der Waals surface area contributed by atoms with Gasteiger partial charge in [-0.25, -0.2) is 8.42 Å². The van der Waals surface area contributed by atoms with Crippen LogP contribution < -0.4 is 10.6 Å². The van der Waals surface area contributed by atoms with Crippen molar-refractivity contribution in [1.29, 1.82) is 0 Å². The molecule has 3 rings (SSSR count). The summed E-state index contributed by atoms with van der Waals surface area (Å²) in [4.78, 5) is 16.9. The van der Waals surface area contributed by atoms with Crippen molar-refractivity contribution < 1.29 is 18.3 Å². The Labute approximate surface area is 165 Å². The number of aryl methyl sites for hydroxylation is 1. The molecule has 1 aliphatic carbocycles. The maximum atomic E-state index is 12.5. The molecular formula is C20H27N3O4S. The van der Waals surface area contributed by atoms with Gasteiger partial charge < -0.3 is 15.7 Å². The second kappa shape index (κ2) is 8.45. The summed E-state index contributed by atoms with van der Waals surface area (Å²) in [7, 11) is -1.38. The Hall–Kier alpha value is -2.19. The summed E-state index contributed by atoms with van der Waals surface area (Å²) in [6.45, 7) is 1.64. The van der Waals surface area contributed by atoms with Crippen LogP contribution in [0.25, 0.3) is 10.9 Å². The van der Waals surface area contributed by atoms with E-state index in [9.17, 15) is 18.3 Å². The molecular weight excluding hydrogens is 378 g/mol. The van der Waals surface area contributed by atoms with Gasteiger partial charge in [0.1, 0.15) is 0 Å². The first-order valence-corrected chi connectivity index (χ1v) is 11.4. The van der Waals surface area contributed by atoms with Crippen molar-refractivity contribution in [2.75, 3.05) is 23.9 Å². The van der Waals surface area contributed by atoms with E-state index in [4.69, 9.17) is 0 Å². The molecule has 3 N–H and O–H groups in total. The quantitative estimate of drug-likeness (QED) is 0.589. The lowest BCUT2D eigenvalue weighted by Crippen LogP contribution is -2.26. The average Bonchev–Trinajstić information content (AvgIpc) is 3.48. The van der Waals surface area contributed by atoms with Gasteiger partial charge in [-0.1, -0.05) is 6.92 Å². The molecule has 152 valence electrons. The maximum absolute atomic E-state index is 12.5. The van der Waals surface area contributed by atoms with Gasteiger partial charge in [0.2, 0.25) is 0 Å². The summed E-state index contributed by atoms with van der Waals surface area (Å²) < 4.78 is 24.2. The third-order valence-electron chi connectivity index (χ3n) is 4.96. The number of aromatic nitrogens is 1. The molecule has 1 aromatic carbocycles. The van der Waals surface area contributed by atoms with E-state index in [0.29, 0.717) is 35.2 Å². The molecule has 0 radical (unpaired) electrons. The number of benzene rings is 1. The van der Waals surface area contributed by atoms with Crippen LogP contribution in [0.2, 0.25) is 0 Å². The fraction of sp³-hybridized carbons (Fsp3) is 0.500. The van der Waals surface area contributed by atoms with Crippen LogP contribution in [0.4, 0.5) is 5.69 Å². The second-order valence-corrected chi connectivity index (χ2v) is 9.55. The molecule has 0 atom stereocenters. The highest BCUT2D eigenvalue weighted by atomic mass is 32.2. The first-order valence-electron chi connectivity index (χ1n) is 9.63. The minimum Gasteiger partial charge on any atom is -0.392 e. The average molecular weight is 406 g/mol. The molecule has 1 heterocycles. The van der Waals surface area contributed by atoms with Crippen LogP contribution >= 0.6 is 0 Å². The lowest BCUT2D eigenvalue weighted by Gasteiger charge is -2.15. The van der Waals surface area contributed by atoms with Crippen molar-refractivity contribution in [2.45, 2.75) is 45.3 Å². The van der Waals surface area contributed by atoms with Crippen LogP contribution in [0, 0.1) is 0 Å². The van der Waals surface area contributed by atoms with Gasteiger partial charge in [-0.3, -0.25) is 9.78 Å². The van der Waals surface area contributed by atoms with Crippen LogP contribution in [-0.4, -0.2) is 49.0 Å². The zero-order valence-corrected chi connectivity index (χ0v) is 17.1. The highest BCUT2D eigenvalue weighted by Gasteiger charge is 2.25. The Morgan fingerprint density at radius 1 is 1.25 bits per heavy atom. The standard InChI is InChI=1S/C20H27N3O4S/c1-3-7-28(26,27)8-6-13-9-16-18(10-14(13)12-24)22-11-17(19(16)21-2)20(25)23-15-4-5-15/h9-11,15,24H,3-8,12H2,1-2H3,(H,21,22)(H,23,25). The minimum atomic E-state index is -3.13. The van der Waals surface area contributed by atoms with Gasteiger partial charge >= 0.3 is 0 Å². The number of hydrogen-bond donors (Lipinski definition) is 3. The van der Waals surface area contributed by atoms with Crippen molar-refractivity contribution in [3.8, 4) is 0 Å². The number of hydrogen-bond acceptors (Lipinski definition) is 6. The summed E-state index contributed by atoms with van der Waals surface area (Å²) in [5, 5.41) is 16.5. The molecule has 1 aliphatic rings. The largest absolute Gasteiger partial charge is 0.392 e. The van der Waals surface area contributed by atoms with Crippen molar-refractivity contribution in [2.24, 2.45) is 0 Å². The number of fused-ring (bicyclic) bond motifs is 1. The lowest BCUT2D eigenvalue weighted by molar-refractivity contribution is 0.0951. The van der Waals surface area contributed by atoms with E-state index in [2.05, 4.69) is 15.6 Å². The third-order valence-corrected chi connectivity index (χ3v) is 6.82. The fourth-order valence-electron chi connectivity index (χ4n) is 3.32. The zero-order valence-electron chi connectivity index (χ0n) is 16.3. The van der Waals surface area contributed by atoms with Gasteiger partial charge in [-0.05, 0) is 48.9 Å². The molecule has 8 heteroatoms. The third kappa shape index (κ3) is 4.62. The van der Waals surface area contributed by atoms with Crippen molar-refractivity contribution in [1.82, 2.24) is 10.3 Å². The predicted molar refractivity (Wildman–Crippen MR) is 110 cm³/mol. The number of carbonyl (C=O) groups excluding carboxylic acids is 1. The van der Waals surface area contributed by atoms with Crippen LogP contribution in [0.1, 0.15) is 47.7 Å². The molecule has 0 bridgehead atoms. The molecule has 2 aromatic rings. The van der Waals surface area contributed by atoms with Crippen LogP contribution in [-0.2, 0) is 22.9 Å². The second-order valence-electron chi connectivity index (χ2n) is 7.24. The summed E-state index contributed by atoms with van der Waals surface area (Å²) >= 11 is 0. The Kier molecular flexibility index (Phi) is 6.20. The van der Waals surface area contributed by atoms with Crippen LogP contribution in [0.15, 0.2) is 18.3 Å². The molecule has 1 amide bonds. The maximum Gasteiger partial charge on any atom is 0.255 e. The number of anilines is 1. The smallest absolute Gasteiger partial charge is 0.255 e. The molecule has 1 saturated carbocycles. The lowest BCUT2D eigenvalue weighted by atomic mass is 9.99. The van der Waals surface area contributed by atoms with E-state index >= 15 is 0 Å². The topological polar surface area (TPSA) is 108 Å². The molecule has 28 heavy (non-hydrogen) atoms. The van der Waals surface area contributed by atoms with Crippen molar-refractivity contribution in [3.63, 3.8) is 0 Å². The van der Waals surface area contributed by atoms with Crippen LogP contribution in [0.3, 0.4) is 0 Å². The SMILES string of the molecule is CCCS(=O)(=O)CCc1cc2c(NC)c(C(=O)NC3CC3)cnc2cc1CO. The number of nitrogens with one attached hydrogen (secondary N) is 2. The Morgan fingerprint density at radius 3 is 2.61 bits per heavy atom. The Bertz CT molecular complexity index is 985. The van der Waals surface area contributed by atoms with Gasteiger partial charge in [0.25, 0.3) is 5.91 Å². The number of pyridine rings is 1. The van der Waals surface area contributed by atoms with Gasteiger partial charge in [-0.15, -0.1) is 0 Å². The summed E-state index contributed by atoms with van der Waals surface area (Å²) in [5.41, 5.74) is 3.18. The molecule has 0 spiro atoms. The van der Waals surface area contributed by atoms with Gasteiger partial charge in [-0.2, -0.15) is 0 Å². The minimum absolute atomic E-state index is 0.0313. The molecule has 1 aromatic heterocycles. The number of aliphatic hydroxyl groups is 1. The summed E-state index contributed by atoms with van der Waals surface area (Å²) in [5.74, 6) is 0.0208. The number of carbonyl (C=O) groups is 1. The number of amides is 1. The normalized spacial score (nSPS) is 14.2. The predicted octanol–water partition coefficient (Wildman–Crippen LogP) is 2.03. The number of aliphatic hydroxyl groups excluding tert-OH is 1. The van der Waals surface area contributed by atoms with E-state index in [0.717, 1.165) is 23.8 Å². The van der Waals surface area contributed by atoms with Gasteiger partial charge in [0, 0.05) is 30.4 Å². The number of sulfone groups is 1. The summed E-state index contributed by atoms with van der Waals surface area (Å²) in [6.07, 6.45) is 4.43. The van der Waals surface area contributed by atoms with Gasteiger partial charge in [0.15, 0.2) is 9.84 Å². The van der Waals surface area contributed by atoms with E-state index in [1.165, 1.54) is 0 Å². The van der Waals surface area contributed by atoms with E-state index in [-0.39, 0.29) is 30.1 Å². The molecule has 0 saturated heterocycles. The Balaban J connectivity index is 2.00. The van der Waals surface area contributed by atoms with E-state index in [1.807, 2.05) is 13.0 Å². The first kappa shape index (κ1) is 20.5. The highest BCUT2D eigenvalue weighted by molar-refractivity contribution is 7.91. The molecule has 1 fully saturated rings. The molecule has 0 aliphatic heterocycles.